The Kier molecular flexibility index (Phi) is 4.70. The number of aliphatic hydroxyl groups excluding tert-OH is 1. The fourth-order valence-electron chi connectivity index (χ4n) is 4.10. The predicted octanol–water partition coefficient (Wildman–Crippen LogP) is 3.65. The van der Waals surface area contributed by atoms with E-state index in [9.17, 15) is 15.6 Å². The number of aromatic nitrogens is 5. The molecule has 152 valence electrons. The number of nitriles is 2. The van der Waals surface area contributed by atoms with Crippen molar-refractivity contribution >= 4 is 22.2 Å². The second kappa shape index (κ2) is 7.55. The summed E-state index contributed by atoms with van der Waals surface area (Å²) in [6.45, 7) is -0.121. The summed E-state index contributed by atoms with van der Waals surface area (Å²) < 4.78 is 1.82. The topological polar surface area (TPSA) is 124 Å². The van der Waals surface area contributed by atoms with E-state index in [0.717, 1.165) is 10.9 Å². The van der Waals surface area contributed by atoms with Crippen LogP contribution in [0.1, 0.15) is 25.0 Å². The highest BCUT2D eigenvalue weighted by Gasteiger charge is 2.46. The molecule has 31 heavy (non-hydrogen) atoms. The van der Waals surface area contributed by atoms with E-state index in [1.165, 1.54) is 11.3 Å². The van der Waals surface area contributed by atoms with Crippen LogP contribution in [0, 0.1) is 28.6 Å². The molecular weight excluding hydrogens is 410 g/mol. The Hall–Kier alpha value is -3.66. The summed E-state index contributed by atoms with van der Waals surface area (Å²) in [4.78, 5) is 13.8. The van der Waals surface area contributed by atoms with Crippen LogP contribution in [0.3, 0.4) is 0 Å². The molecule has 1 N–H and O–H groups in total. The van der Waals surface area contributed by atoms with Gasteiger partial charge in [0.05, 0.1) is 47.8 Å². The van der Waals surface area contributed by atoms with Gasteiger partial charge in [-0.3, -0.25) is 9.67 Å². The SMILES string of the molecule is N#CC[C@]1(n2ccc(-c3nc(-c4nc(CO)cs4)cc4ncccc34)n2)C[C@@H](C#N)C1. The van der Waals surface area contributed by atoms with Crippen LogP contribution in [0.4, 0.5) is 0 Å². The highest BCUT2D eigenvalue weighted by Crippen LogP contribution is 2.46. The van der Waals surface area contributed by atoms with E-state index in [4.69, 9.17) is 10.1 Å². The van der Waals surface area contributed by atoms with Gasteiger partial charge in [0, 0.05) is 23.2 Å². The van der Waals surface area contributed by atoms with Crippen LogP contribution >= 0.6 is 11.3 Å². The molecule has 1 saturated carbocycles. The van der Waals surface area contributed by atoms with Crippen molar-refractivity contribution in [3.8, 4) is 34.2 Å². The second-order valence-corrected chi connectivity index (χ2v) is 8.53. The van der Waals surface area contributed by atoms with Crippen molar-refractivity contribution in [1.82, 2.24) is 24.7 Å². The van der Waals surface area contributed by atoms with Gasteiger partial charge in [-0.15, -0.1) is 11.3 Å². The van der Waals surface area contributed by atoms with Crippen molar-refractivity contribution in [3.63, 3.8) is 0 Å². The Morgan fingerprint density at radius 2 is 2.10 bits per heavy atom. The minimum absolute atomic E-state index is 0.0434. The highest BCUT2D eigenvalue weighted by atomic mass is 32.1. The first-order valence-electron chi connectivity index (χ1n) is 9.80. The molecule has 1 aliphatic carbocycles. The van der Waals surface area contributed by atoms with Crippen molar-refractivity contribution in [2.45, 2.75) is 31.4 Å². The maximum absolute atomic E-state index is 9.35. The number of hydrogen-bond acceptors (Lipinski definition) is 8. The normalized spacial score (nSPS) is 20.2. The molecule has 0 atom stereocenters. The molecule has 0 spiro atoms. The molecule has 0 aliphatic heterocycles. The Bertz CT molecular complexity index is 1350. The van der Waals surface area contributed by atoms with Gasteiger partial charge >= 0.3 is 0 Å². The van der Waals surface area contributed by atoms with Gasteiger partial charge in [-0.05, 0) is 37.1 Å². The molecule has 8 nitrogen and oxygen atoms in total. The van der Waals surface area contributed by atoms with Crippen LogP contribution in [0.25, 0.3) is 33.0 Å². The van der Waals surface area contributed by atoms with Crippen molar-refractivity contribution in [2.24, 2.45) is 5.92 Å². The van der Waals surface area contributed by atoms with E-state index < -0.39 is 5.54 Å². The van der Waals surface area contributed by atoms with Crippen molar-refractivity contribution < 1.29 is 5.11 Å². The third-order valence-corrected chi connectivity index (χ3v) is 6.61. The Labute approximate surface area is 182 Å². The van der Waals surface area contributed by atoms with Crippen LogP contribution in [0.2, 0.25) is 0 Å². The molecule has 0 amide bonds. The number of nitrogens with zero attached hydrogens (tertiary/aromatic N) is 7. The molecule has 1 aliphatic rings. The number of hydrogen-bond donors (Lipinski definition) is 1. The number of thiazole rings is 1. The minimum atomic E-state index is -0.440. The van der Waals surface area contributed by atoms with E-state index in [2.05, 4.69) is 22.1 Å². The van der Waals surface area contributed by atoms with Crippen molar-refractivity contribution in [3.05, 3.63) is 47.7 Å². The highest BCUT2D eigenvalue weighted by molar-refractivity contribution is 7.13. The summed E-state index contributed by atoms with van der Waals surface area (Å²) in [5, 5.41) is 36.0. The smallest absolute Gasteiger partial charge is 0.142 e. The summed E-state index contributed by atoms with van der Waals surface area (Å²) in [6, 6.07) is 12.1. The van der Waals surface area contributed by atoms with E-state index in [1.54, 1.807) is 6.20 Å². The lowest BCUT2D eigenvalue weighted by atomic mass is 9.67. The monoisotopic (exact) mass is 427 g/mol. The molecule has 0 bridgehead atoms. The standard InChI is InChI=1S/C22H17N7OS/c23-5-4-22(9-14(10-22)11-24)29-7-3-17(28-29)20-16-2-1-6-25-18(16)8-19(27-20)21-26-15(12-30)13-31-21/h1-3,6-8,13-14,30H,4,9-10,12H2/t14-,22+. The van der Waals surface area contributed by atoms with Crippen LogP contribution in [0.15, 0.2) is 42.0 Å². The van der Waals surface area contributed by atoms with Gasteiger partial charge in [-0.25, -0.2) is 9.97 Å². The van der Waals surface area contributed by atoms with Crippen LogP contribution < -0.4 is 0 Å². The first kappa shape index (κ1) is 19.3. The molecule has 5 rings (SSSR count). The Morgan fingerprint density at radius 1 is 1.23 bits per heavy atom. The lowest BCUT2D eigenvalue weighted by Gasteiger charge is -2.43. The van der Waals surface area contributed by atoms with Gasteiger partial charge in [0.1, 0.15) is 22.1 Å². The van der Waals surface area contributed by atoms with E-state index >= 15 is 0 Å². The third kappa shape index (κ3) is 3.25. The lowest BCUT2D eigenvalue weighted by molar-refractivity contribution is 0.0884. The quantitative estimate of drug-likeness (QED) is 0.515. The van der Waals surface area contributed by atoms with Crippen molar-refractivity contribution in [2.75, 3.05) is 0 Å². The number of aliphatic hydroxyl groups is 1. The van der Waals surface area contributed by atoms with Gasteiger partial charge in [-0.1, -0.05) is 0 Å². The fraction of sp³-hybridized carbons (Fsp3) is 0.273. The largest absolute Gasteiger partial charge is 0.390 e. The summed E-state index contributed by atoms with van der Waals surface area (Å²) >= 11 is 1.42. The van der Waals surface area contributed by atoms with Gasteiger partial charge in [-0.2, -0.15) is 15.6 Å². The average molecular weight is 427 g/mol. The Morgan fingerprint density at radius 3 is 2.84 bits per heavy atom. The zero-order valence-electron chi connectivity index (χ0n) is 16.4. The second-order valence-electron chi connectivity index (χ2n) is 7.67. The first-order valence-corrected chi connectivity index (χ1v) is 10.7. The molecule has 1 fully saturated rings. The first-order chi connectivity index (χ1) is 15.2. The lowest BCUT2D eigenvalue weighted by Crippen LogP contribution is -2.46. The molecular formula is C22H17N7OS. The summed E-state index contributed by atoms with van der Waals surface area (Å²) in [7, 11) is 0. The minimum Gasteiger partial charge on any atom is -0.390 e. The summed E-state index contributed by atoms with van der Waals surface area (Å²) in [5.74, 6) is -0.0434. The maximum atomic E-state index is 9.35. The third-order valence-electron chi connectivity index (χ3n) is 5.69. The van der Waals surface area contributed by atoms with Crippen LogP contribution in [0.5, 0.6) is 0 Å². The molecule has 0 aromatic carbocycles. The van der Waals surface area contributed by atoms with Gasteiger partial charge in [0.2, 0.25) is 0 Å². The molecule has 0 saturated heterocycles. The maximum Gasteiger partial charge on any atom is 0.142 e. The fourth-order valence-corrected chi connectivity index (χ4v) is 4.87. The molecule has 4 aromatic rings. The Balaban J connectivity index is 1.61. The average Bonchev–Trinajstić information content (AvgIpc) is 3.45. The number of fused-ring (bicyclic) bond motifs is 1. The summed E-state index contributed by atoms with van der Waals surface area (Å²) in [6.07, 6.45) is 5.15. The summed E-state index contributed by atoms with van der Waals surface area (Å²) in [5.41, 5.74) is 2.96. The van der Waals surface area contributed by atoms with Crippen LogP contribution in [-0.2, 0) is 12.1 Å². The van der Waals surface area contributed by atoms with E-state index in [1.807, 2.05) is 40.5 Å². The molecule has 0 radical (unpaired) electrons. The zero-order valence-corrected chi connectivity index (χ0v) is 17.2. The van der Waals surface area contributed by atoms with Gasteiger partial charge in [0.25, 0.3) is 0 Å². The van der Waals surface area contributed by atoms with Crippen molar-refractivity contribution in [1.29, 1.82) is 10.5 Å². The number of pyridine rings is 2. The van der Waals surface area contributed by atoms with Gasteiger partial charge in [0.15, 0.2) is 0 Å². The number of rotatable bonds is 5. The van der Waals surface area contributed by atoms with E-state index in [0.29, 0.717) is 47.0 Å². The van der Waals surface area contributed by atoms with E-state index in [-0.39, 0.29) is 12.5 Å². The molecule has 9 heteroatoms. The predicted molar refractivity (Wildman–Crippen MR) is 114 cm³/mol. The van der Waals surface area contributed by atoms with Gasteiger partial charge < -0.3 is 5.11 Å². The molecule has 4 aromatic heterocycles. The molecule has 0 unspecified atom stereocenters. The molecule has 4 heterocycles. The van der Waals surface area contributed by atoms with Crippen LogP contribution in [-0.4, -0.2) is 29.8 Å². The zero-order chi connectivity index (χ0) is 21.4.